The Morgan fingerprint density at radius 1 is 1.52 bits per heavy atom. The Labute approximate surface area is 126 Å². The van der Waals surface area contributed by atoms with Gasteiger partial charge in [0.15, 0.2) is 6.20 Å². The van der Waals surface area contributed by atoms with Gasteiger partial charge in [-0.15, -0.1) is 0 Å². The van der Waals surface area contributed by atoms with Crippen LogP contribution in [0, 0.1) is 5.82 Å². The molecule has 11 nitrogen and oxygen atoms in total. The molecule has 0 aromatic carbocycles. The second kappa shape index (κ2) is 5.87. The molecule has 130 valence electrons. The summed E-state index contributed by atoms with van der Waals surface area (Å²) in [6.07, 6.45) is -8.12. The third-order valence-corrected chi connectivity index (χ3v) is 3.30. The number of aliphatic hydroxyl groups is 2. The van der Waals surface area contributed by atoms with E-state index in [4.69, 9.17) is 11.2 Å². The highest BCUT2D eigenvalue weighted by molar-refractivity contribution is 7.46. The molecule has 1 aromatic heterocycles. The monoisotopic (exact) mass is 361 g/mol. The van der Waals surface area contributed by atoms with E-state index in [1.807, 2.05) is 0 Å². The summed E-state index contributed by atoms with van der Waals surface area (Å²) in [5.74, 6) is -5.09. The zero-order valence-electron chi connectivity index (χ0n) is 11.9. The number of halogens is 2. The van der Waals surface area contributed by atoms with E-state index < -0.39 is 55.8 Å². The van der Waals surface area contributed by atoms with Gasteiger partial charge in [0.2, 0.25) is 5.82 Å². The zero-order valence-corrected chi connectivity index (χ0v) is 11.8. The van der Waals surface area contributed by atoms with E-state index >= 15 is 0 Å². The second-order valence-corrected chi connectivity index (χ2v) is 5.73. The molecule has 0 unspecified atom stereocenters. The first-order valence-electron chi connectivity index (χ1n) is 6.27. The number of phosphoric acid groups is 1. The SMILES string of the molecule is [2H][C@@]1(n2cc(F)c(=O)[nH]c2=O)O[C@](F)(COP(=O)(O)O)[C@@H](O)[C@H]1O. The lowest BCUT2D eigenvalue weighted by molar-refractivity contribution is -0.205. The fourth-order valence-corrected chi connectivity index (χ4v) is 2.10. The summed E-state index contributed by atoms with van der Waals surface area (Å²) in [7, 11) is -5.19. The summed E-state index contributed by atoms with van der Waals surface area (Å²) in [6.45, 7) is -1.61. The molecule has 1 aromatic rings. The van der Waals surface area contributed by atoms with Crippen LogP contribution in [0.3, 0.4) is 0 Å². The van der Waals surface area contributed by atoms with Crippen LogP contribution in [0.1, 0.15) is 7.57 Å². The fraction of sp³-hybridized carbons (Fsp3) is 0.556. The van der Waals surface area contributed by atoms with Gasteiger partial charge in [0, 0.05) is 0 Å². The number of hydrogen-bond donors (Lipinski definition) is 5. The van der Waals surface area contributed by atoms with Crippen molar-refractivity contribution in [1.82, 2.24) is 9.55 Å². The van der Waals surface area contributed by atoms with E-state index in [0.29, 0.717) is 0 Å². The minimum Gasteiger partial charge on any atom is -0.385 e. The Kier molecular flexibility index (Phi) is 4.18. The highest BCUT2D eigenvalue weighted by Crippen LogP contribution is 2.43. The number of alkyl halides is 1. The summed E-state index contributed by atoms with van der Waals surface area (Å²) in [5, 5.41) is 19.4. The van der Waals surface area contributed by atoms with Crippen molar-refractivity contribution in [2.75, 3.05) is 6.61 Å². The van der Waals surface area contributed by atoms with Crippen molar-refractivity contribution in [3.05, 3.63) is 32.9 Å². The molecule has 1 aliphatic rings. The van der Waals surface area contributed by atoms with Gasteiger partial charge in [-0.3, -0.25) is 18.9 Å². The maximum absolute atomic E-state index is 14.5. The minimum absolute atomic E-state index is 0.0452. The summed E-state index contributed by atoms with van der Waals surface area (Å²) in [4.78, 5) is 41.1. The van der Waals surface area contributed by atoms with Crippen molar-refractivity contribution in [3.8, 4) is 0 Å². The van der Waals surface area contributed by atoms with E-state index in [9.17, 15) is 33.1 Å². The fourth-order valence-electron chi connectivity index (χ4n) is 1.76. The zero-order chi connectivity index (χ0) is 18.5. The third kappa shape index (κ3) is 3.55. The van der Waals surface area contributed by atoms with Gasteiger partial charge < -0.3 is 24.7 Å². The van der Waals surface area contributed by atoms with Gasteiger partial charge in [0.1, 0.15) is 18.8 Å². The number of nitrogens with one attached hydrogen (secondary N) is 1. The quantitative estimate of drug-likeness (QED) is 0.370. The van der Waals surface area contributed by atoms with Gasteiger partial charge in [-0.25, -0.2) is 13.8 Å². The smallest absolute Gasteiger partial charge is 0.385 e. The lowest BCUT2D eigenvalue weighted by Gasteiger charge is -2.22. The predicted octanol–water partition coefficient (Wildman–Crippen LogP) is -2.30. The molecule has 2 heterocycles. The van der Waals surface area contributed by atoms with E-state index in [1.54, 1.807) is 0 Å². The van der Waals surface area contributed by atoms with Crippen molar-refractivity contribution in [2.45, 2.75) is 24.3 Å². The van der Waals surface area contributed by atoms with Crippen LogP contribution in [-0.4, -0.2) is 54.2 Å². The number of rotatable bonds is 4. The Morgan fingerprint density at radius 2 is 2.13 bits per heavy atom. The lowest BCUT2D eigenvalue weighted by Crippen LogP contribution is -2.43. The standard InChI is InChI=1S/C9H11F2N2O9P/c10-3-1-13(8(17)12-6(3)16)7-4(14)5(15)9(11,22-7)2-21-23(18,19)20/h1,4-5,7,14-15H,2H2,(H,12,16,17)(H2,18,19,20)/t4-,5+,7-,9-/m1/s1/i7D. The molecule has 0 radical (unpaired) electrons. The molecular formula is C9H11F2N2O9P. The Hall–Kier alpha value is -1.47. The number of aromatic nitrogens is 2. The molecule has 23 heavy (non-hydrogen) atoms. The van der Waals surface area contributed by atoms with Crippen molar-refractivity contribution in [2.24, 2.45) is 0 Å². The summed E-state index contributed by atoms with van der Waals surface area (Å²) < 4.78 is 54.4. The van der Waals surface area contributed by atoms with Gasteiger partial charge in [-0.2, -0.15) is 4.39 Å². The molecule has 1 fully saturated rings. The van der Waals surface area contributed by atoms with Crippen LogP contribution in [-0.2, 0) is 13.8 Å². The predicted molar refractivity (Wildman–Crippen MR) is 65.3 cm³/mol. The lowest BCUT2D eigenvalue weighted by atomic mass is 10.1. The van der Waals surface area contributed by atoms with E-state index in [-0.39, 0.29) is 10.8 Å². The van der Waals surface area contributed by atoms with Crippen molar-refractivity contribution < 1.29 is 44.0 Å². The number of aliphatic hydroxyl groups excluding tert-OH is 2. The molecule has 0 bridgehead atoms. The highest BCUT2D eigenvalue weighted by Gasteiger charge is 2.57. The number of nitrogens with zero attached hydrogens (tertiary/aromatic N) is 1. The molecule has 1 saturated heterocycles. The van der Waals surface area contributed by atoms with Crippen molar-refractivity contribution in [3.63, 3.8) is 0 Å². The van der Waals surface area contributed by atoms with Crippen LogP contribution in [0.25, 0.3) is 0 Å². The number of hydrogen-bond acceptors (Lipinski definition) is 7. The van der Waals surface area contributed by atoms with Gasteiger partial charge in [0.05, 0.1) is 7.57 Å². The van der Waals surface area contributed by atoms with Gasteiger partial charge in [-0.05, 0) is 0 Å². The van der Waals surface area contributed by atoms with Gasteiger partial charge in [0.25, 0.3) is 11.4 Å². The van der Waals surface area contributed by atoms with Crippen LogP contribution in [0.2, 0.25) is 0 Å². The first-order valence-corrected chi connectivity index (χ1v) is 7.30. The Bertz CT molecular complexity index is 811. The van der Waals surface area contributed by atoms with Crippen LogP contribution in [0.5, 0.6) is 0 Å². The molecular weight excluding hydrogens is 349 g/mol. The molecule has 2 rings (SSSR count). The topological polar surface area (TPSA) is 171 Å². The maximum atomic E-state index is 14.5. The van der Waals surface area contributed by atoms with Crippen molar-refractivity contribution >= 4 is 7.82 Å². The minimum atomic E-state index is -5.19. The molecule has 14 heteroatoms. The average molecular weight is 361 g/mol. The van der Waals surface area contributed by atoms with E-state index in [0.717, 1.165) is 0 Å². The second-order valence-electron chi connectivity index (χ2n) is 4.49. The summed E-state index contributed by atoms with van der Waals surface area (Å²) in [6, 6.07) is 0. The number of aromatic amines is 1. The van der Waals surface area contributed by atoms with Crippen molar-refractivity contribution in [1.29, 1.82) is 0 Å². The molecule has 4 atom stereocenters. The van der Waals surface area contributed by atoms with Crippen LogP contribution >= 0.6 is 7.82 Å². The summed E-state index contributed by atoms with van der Waals surface area (Å²) >= 11 is 0. The average Bonchev–Trinajstić information content (AvgIpc) is 2.62. The van der Waals surface area contributed by atoms with Crippen LogP contribution in [0.15, 0.2) is 15.8 Å². The number of ether oxygens (including phenoxy) is 1. The van der Waals surface area contributed by atoms with Gasteiger partial charge >= 0.3 is 13.5 Å². The molecule has 0 spiro atoms. The maximum Gasteiger partial charge on any atom is 0.469 e. The number of phosphoric ester groups is 1. The molecule has 1 aliphatic heterocycles. The first-order chi connectivity index (χ1) is 10.8. The Balaban J connectivity index is 2.45. The molecule has 0 aliphatic carbocycles. The van der Waals surface area contributed by atoms with E-state index in [1.165, 1.54) is 4.98 Å². The third-order valence-electron chi connectivity index (χ3n) is 2.83. The van der Waals surface area contributed by atoms with Crippen LogP contribution < -0.4 is 11.2 Å². The molecule has 5 N–H and O–H groups in total. The molecule has 0 amide bonds. The largest absolute Gasteiger partial charge is 0.469 e. The molecule has 0 saturated carbocycles. The van der Waals surface area contributed by atoms with E-state index in [2.05, 4.69) is 9.26 Å². The van der Waals surface area contributed by atoms with Gasteiger partial charge in [-0.1, -0.05) is 0 Å². The summed E-state index contributed by atoms with van der Waals surface area (Å²) in [5.41, 5.74) is -2.92. The normalized spacial score (nSPS) is 35.3. The first kappa shape index (κ1) is 16.4. The highest BCUT2D eigenvalue weighted by atomic mass is 31.2. The van der Waals surface area contributed by atoms with Crippen LogP contribution in [0.4, 0.5) is 8.78 Å². The Morgan fingerprint density at radius 3 is 2.70 bits per heavy atom. The number of H-pyrrole nitrogens is 1.